The Morgan fingerprint density at radius 2 is 1.00 bits per heavy atom. The lowest BCUT2D eigenvalue weighted by atomic mass is 9.92. The van der Waals surface area contributed by atoms with Gasteiger partial charge in [0.2, 0.25) is 0 Å². The normalized spacial score (nSPS) is 13.1. The molecule has 37 heavy (non-hydrogen) atoms. The first-order chi connectivity index (χ1) is 17.4. The van der Waals surface area contributed by atoms with E-state index in [0.717, 1.165) is 11.1 Å². The first-order valence-corrected chi connectivity index (χ1v) is 15.8. The number of ether oxygens (including phenoxy) is 1. The van der Waals surface area contributed by atoms with E-state index in [2.05, 4.69) is 0 Å². The van der Waals surface area contributed by atoms with E-state index in [1.165, 1.54) is 12.1 Å². The number of aryl methyl sites for hydroxylation is 2. The van der Waals surface area contributed by atoms with Crippen molar-refractivity contribution in [2.75, 3.05) is 13.2 Å². The molecule has 0 aliphatic rings. The zero-order valence-corrected chi connectivity index (χ0v) is 24.6. The van der Waals surface area contributed by atoms with E-state index in [1.54, 1.807) is 36.4 Å². The highest BCUT2D eigenvalue weighted by Gasteiger charge is 2.36. The van der Waals surface area contributed by atoms with Crippen LogP contribution in [-0.4, -0.2) is 41.3 Å². The van der Waals surface area contributed by atoms with Gasteiger partial charge in [-0.25, -0.2) is 0 Å². The lowest BCUT2D eigenvalue weighted by molar-refractivity contribution is -0.0823. The Balaban J connectivity index is 2.04. The van der Waals surface area contributed by atoms with Crippen molar-refractivity contribution in [1.82, 2.24) is 0 Å². The van der Waals surface area contributed by atoms with E-state index < -0.39 is 31.4 Å². The molecule has 0 fully saturated rings. The van der Waals surface area contributed by atoms with Gasteiger partial charge in [-0.3, -0.25) is 8.37 Å². The zero-order chi connectivity index (χ0) is 27.7. The van der Waals surface area contributed by atoms with Gasteiger partial charge in [-0.2, -0.15) is 16.8 Å². The van der Waals surface area contributed by atoms with E-state index in [0.29, 0.717) is 38.5 Å². The van der Waals surface area contributed by atoms with Crippen LogP contribution in [0.3, 0.4) is 0 Å². The second kappa shape index (κ2) is 13.3. The Labute approximate surface area is 223 Å². The standard InChI is InChI=1S/C28H42O7S2/c1-7-27(8-2,20-22-34-36(29,30)25-15-11-23(5)12-16-25)33-21-19-28(9-3,10-4)35-37(31,32)26-17-13-24(6)14-18-26/h11-18H,7-10,19-22H2,1-6H3. The van der Waals surface area contributed by atoms with Crippen LogP contribution in [0.4, 0.5) is 0 Å². The van der Waals surface area contributed by atoms with Crippen LogP contribution in [0.15, 0.2) is 58.3 Å². The minimum Gasteiger partial charge on any atom is -0.375 e. The molecule has 0 unspecified atom stereocenters. The lowest BCUT2D eigenvalue weighted by Crippen LogP contribution is -2.38. The van der Waals surface area contributed by atoms with Crippen molar-refractivity contribution in [3.8, 4) is 0 Å². The Morgan fingerprint density at radius 3 is 1.43 bits per heavy atom. The van der Waals surface area contributed by atoms with Crippen molar-refractivity contribution in [3.63, 3.8) is 0 Å². The van der Waals surface area contributed by atoms with Crippen molar-refractivity contribution in [2.24, 2.45) is 0 Å². The predicted octanol–water partition coefficient (Wildman–Crippen LogP) is 6.33. The van der Waals surface area contributed by atoms with Crippen LogP contribution in [0.1, 0.15) is 77.3 Å². The molecule has 0 spiro atoms. The molecule has 0 heterocycles. The summed E-state index contributed by atoms with van der Waals surface area (Å²) in [5.41, 5.74) is 0.443. The molecule has 0 N–H and O–H groups in total. The Bertz CT molecular complexity index is 1180. The molecule has 7 nitrogen and oxygen atoms in total. The third-order valence-electron chi connectivity index (χ3n) is 7.25. The van der Waals surface area contributed by atoms with Gasteiger partial charge in [-0.15, -0.1) is 0 Å². The molecule has 2 rings (SSSR count). The summed E-state index contributed by atoms with van der Waals surface area (Å²) in [6.45, 7) is 11.8. The van der Waals surface area contributed by atoms with Gasteiger partial charge < -0.3 is 4.74 Å². The van der Waals surface area contributed by atoms with Gasteiger partial charge in [0.25, 0.3) is 20.2 Å². The van der Waals surface area contributed by atoms with Gasteiger partial charge in [-0.1, -0.05) is 63.1 Å². The highest BCUT2D eigenvalue weighted by molar-refractivity contribution is 7.87. The largest absolute Gasteiger partial charge is 0.375 e. The molecule has 0 bridgehead atoms. The second-order valence-electron chi connectivity index (χ2n) is 9.57. The fraction of sp³-hybridized carbons (Fsp3) is 0.571. The summed E-state index contributed by atoms with van der Waals surface area (Å²) in [4.78, 5) is 0.258. The van der Waals surface area contributed by atoms with Crippen molar-refractivity contribution in [3.05, 3.63) is 59.7 Å². The molecular weight excluding hydrogens is 512 g/mol. The van der Waals surface area contributed by atoms with Crippen LogP contribution in [0.25, 0.3) is 0 Å². The first-order valence-electron chi connectivity index (χ1n) is 13.0. The van der Waals surface area contributed by atoms with E-state index in [1.807, 2.05) is 41.5 Å². The van der Waals surface area contributed by atoms with Crippen LogP contribution in [0.2, 0.25) is 0 Å². The zero-order valence-electron chi connectivity index (χ0n) is 22.9. The molecule has 0 aliphatic heterocycles. The van der Waals surface area contributed by atoms with Crippen molar-refractivity contribution < 1.29 is 29.9 Å². The van der Waals surface area contributed by atoms with E-state index >= 15 is 0 Å². The van der Waals surface area contributed by atoms with E-state index in [9.17, 15) is 16.8 Å². The molecular formula is C28H42O7S2. The van der Waals surface area contributed by atoms with Gasteiger partial charge in [0.1, 0.15) is 0 Å². The molecule has 9 heteroatoms. The van der Waals surface area contributed by atoms with Crippen molar-refractivity contribution in [2.45, 2.75) is 101 Å². The van der Waals surface area contributed by atoms with Gasteiger partial charge in [0.05, 0.1) is 34.2 Å². The minimum absolute atomic E-state index is 0.0110. The Kier molecular flexibility index (Phi) is 11.3. The molecule has 0 atom stereocenters. The van der Waals surface area contributed by atoms with Gasteiger partial charge in [0, 0.05) is 12.8 Å². The summed E-state index contributed by atoms with van der Waals surface area (Å²) in [5, 5.41) is 0. The Hall–Kier alpha value is -1.78. The molecule has 0 saturated heterocycles. The third kappa shape index (κ3) is 8.61. The van der Waals surface area contributed by atoms with E-state index in [-0.39, 0.29) is 23.0 Å². The van der Waals surface area contributed by atoms with Crippen LogP contribution in [-0.2, 0) is 33.3 Å². The maximum absolute atomic E-state index is 13.0. The monoisotopic (exact) mass is 554 g/mol. The molecule has 0 aromatic heterocycles. The van der Waals surface area contributed by atoms with Crippen LogP contribution >= 0.6 is 0 Å². The lowest BCUT2D eigenvalue weighted by Gasteiger charge is -2.35. The maximum atomic E-state index is 13.0. The number of hydrogen-bond donors (Lipinski definition) is 0. The van der Waals surface area contributed by atoms with Gasteiger partial charge in [-0.05, 0) is 63.8 Å². The number of rotatable bonds is 16. The summed E-state index contributed by atoms with van der Waals surface area (Å²) in [6, 6.07) is 13.1. The predicted molar refractivity (Wildman–Crippen MR) is 146 cm³/mol. The SMILES string of the molecule is CCC(CC)(CCOS(=O)(=O)c1ccc(C)cc1)OCCC(CC)(CC)OS(=O)(=O)c1ccc(C)cc1. The highest BCUT2D eigenvalue weighted by Crippen LogP contribution is 2.32. The average molecular weight is 555 g/mol. The van der Waals surface area contributed by atoms with Crippen LogP contribution in [0.5, 0.6) is 0 Å². The highest BCUT2D eigenvalue weighted by atomic mass is 32.2. The number of benzene rings is 2. The minimum atomic E-state index is -3.94. The van der Waals surface area contributed by atoms with Gasteiger partial charge >= 0.3 is 0 Å². The smallest absolute Gasteiger partial charge is 0.297 e. The molecule has 208 valence electrons. The van der Waals surface area contributed by atoms with Crippen molar-refractivity contribution in [1.29, 1.82) is 0 Å². The fourth-order valence-corrected chi connectivity index (χ4v) is 6.45. The summed E-state index contributed by atoms with van der Waals surface area (Å²) in [5.74, 6) is 0. The van der Waals surface area contributed by atoms with E-state index in [4.69, 9.17) is 13.1 Å². The second-order valence-corrected chi connectivity index (χ2v) is 12.7. The van der Waals surface area contributed by atoms with Gasteiger partial charge in [0.15, 0.2) is 0 Å². The molecule has 0 amide bonds. The first kappa shape index (κ1) is 31.4. The van der Waals surface area contributed by atoms with Crippen LogP contribution in [0, 0.1) is 13.8 Å². The molecule has 0 saturated carbocycles. The average Bonchev–Trinajstić information content (AvgIpc) is 2.87. The third-order valence-corrected chi connectivity index (χ3v) is 9.99. The maximum Gasteiger partial charge on any atom is 0.297 e. The van der Waals surface area contributed by atoms with Crippen LogP contribution < -0.4 is 0 Å². The summed E-state index contributed by atoms with van der Waals surface area (Å²) in [7, 11) is -7.80. The molecule has 2 aromatic rings. The summed E-state index contributed by atoms with van der Waals surface area (Å²) < 4.78 is 68.5. The summed E-state index contributed by atoms with van der Waals surface area (Å²) >= 11 is 0. The Morgan fingerprint density at radius 1 is 0.595 bits per heavy atom. The topological polar surface area (TPSA) is 96.0 Å². The fourth-order valence-electron chi connectivity index (χ4n) is 4.19. The summed E-state index contributed by atoms with van der Waals surface area (Å²) in [6.07, 6.45) is 3.09. The molecule has 0 radical (unpaired) electrons. The number of hydrogen-bond acceptors (Lipinski definition) is 7. The molecule has 2 aromatic carbocycles. The quantitative estimate of drug-likeness (QED) is 0.224. The molecule has 0 aliphatic carbocycles. The van der Waals surface area contributed by atoms with Crippen molar-refractivity contribution >= 4 is 20.2 Å².